The number of ether oxygens (including phenoxy) is 1. The zero-order valence-corrected chi connectivity index (χ0v) is 12.1. The number of carbonyl (C=O) groups is 1. The van der Waals surface area contributed by atoms with Crippen molar-refractivity contribution in [3.05, 3.63) is 18.5 Å². The smallest absolute Gasteiger partial charge is 0.410 e. The molecule has 3 saturated heterocycles. The number of carbonyl (C=O) groups excluding carboxylic acids is 1. The van der Waals surface area contributed by atoms with Crippen LogP contribution < -0.4 is 4.90 Å². The van der Waals surface area contributed by atoms with Crippen molar-refractivity contribution in [3.8, 4) is 0 Å². The van der Waals surface area contributed by atoms with Crippen molar-refractivity contribution < 1.29 is 9.53 Å². The maximum absolute atomic E-state index is 12.2. The van der Waals surface area contributed by atoms with Gasteiger partial charge in [-0.25, -0.2) is 14.8 Å². The molecule has 6 nitrogen and oxygen atoms in total. The highest BCUT2D eigenvalue weighted by Crippen LogP contribution is 2.34. The molecule has 4 heterocycles. The predicted octanol–water partition coefficient (Wildman–Crippen LogP) is 1.67. The molecule has 3 fully saturated rings. The van der Waals surface area contributed by atoms with E-state index >= 15 is 0 Å². The van der Waals surface area contributed by atoms with Gasteiger partial charge >= 0.3 is 6.09 Å². The van der Waals surface area contributed by atoms with Gasteiger partial charge in [0.2, 0.25) is 5.95 Å². The monoisotopic (exact) mass is 276 g/mol. The highest BCUT2D eigenvalue weighted by atomic mass is 16.6. The first kappa shape index (κ1) is 13.1. The van der Waals surface area contributed by atoms with E-state index in [1.807, 2.05) is 25.7 Å². The van der Waals surface area contributed by atoms with Crippen LogP contribution in [0.3, 0.4) is 0 Å². The van der Waals surface area contributed by atoms with E-state index in [4.69, 9.17) is 4.74 Å². The topological polar surface area (TPSA) is 58.6 Å². The predicted molar refractivity (Wildman–Crippen MR) is 74.5 cm³/mol. The Balaban J connectivity index is 1.64. The molecule has 0 aliphatic carbocycles. The molecule has 108 valence electrons. The van der Waals surface area contributed by atoms with Gasteiger partial charge in [0, 0.05) is 25.5 Å². The summed E-state index contributed by atoms with van der Waals surface area (Å²) in [6.07, 6.45) is 4.33. The molecule has 4 rings (SSSR count). The van der Waals surface area contributed by atoms with E-state index in [2.05, 4.69) is 14.9 Å². The van der Waals surface area contributed by atoms with E-state index in [0.717, 1.165) is 25.5 Å². The van der Waals surface area contributed by atoms with Crippen LogP contribution in [-0.4, -0.2) is 51.7 Å². The van der Waals surface area contributed by atoms with Gasteiger partial charge in [0.05, 0.1) is 12.1 Å². The lowest BCUT2D eigenvalue weighted by atomic mass is 9.88. The molecule has 0 aromatic carbocycles. The van der Waals surface area contributed by atoms with Gasteiger partial charge in [-0.05, 0) is 33.3 Å². The van der Waals surface area contributed by atoms with Gasteiger partial charge in [0.25, 0.3) is 0 Å². The van der Waals surface area contributed by atoms with Crippen LogP contribution >= 0.6 is 0 Å². The molecule has 6 heteroatoms. The number of nitrogens with zero attached hydrogens (tertiary/aromatic N) is 4. The van der Waals surface area contributed by atoms with Crippen LogP contribution in [0.25, 0.3) is 0 Å². The van der Waals surface area contributed by atoms with E-state index in [9.17, 15) is 4.79 Å². The molecule has 20 heavy (non-hydrogen) atoms. The summed E-state index contributed by atoms with van der Waals surface area (Å²) in [6.45, 7) is 7.24. The Labute approximate surface area is 118 Å². The Hall–Kier alpha value is -1.85. The van der Waals surface area contributed by atoms with Crippen molar-refractivity contribution in [1.82, 2.24) is 14.9 Å². The fourth-order valence-electron chi connectivity index (χ4n) is 2.84. The number of hydrogen-bond donors (Lipinski definition) is 0. The summed E-state index contributed by atoms with van der Waals surface area (Å²) in [5.41, 5.74) is -0.441. The van der Waals surface area contributed by atoms with Crippen molar-refractivity contribution >= 4 is 12.0 Å². The van der Waals surface area contributed by atoms with Gasteiger partial charge < -0.3 is 9.64 Å². The summed E-state index contributed by atoms with van der Waals surface area (Å²) in [6, 6.07) is 2.24. The van der Waals surface area contributed by atoms with Crippen LogP contribution in [0.4, 0.5) is 10.7 Å². The Kier molecular flexibility index (Phi) is 3.03. The van der Waals surface area contributed by atoms with Crippen molar-refractivity contribution in [2.45, 2.75) is 44.9 Å². The number of amides is 1. The minimum Gasteiger partial charge on any atom is -0.444 e. The quantitative estimate of drug-likeness (QED) is 0.781. The first-order chi connectivity index (χ1) is 9.44. The fraction of sp³-hybridized carbons (Fsp3) is 0.643. The average Bonchev–Trinajstić information content (AvgIpc) is 2.37. The summed E-state index contributed by atoms with van der Waals surface area (Å²) in [7, 11) is 0. The summed E-state index contributed by atoms with van der Waals surface area (Å²) in [5.74, 6) is 0.742. The van der Waals surface area contributed by atoms with Crippen molar-refractivity contribution in [3.63, 3.8) is 0 Å². The molecule has 0 N–H and O–H groups in total. The largest absolute Gasteiger partial charge is 0.444 e. The highest BCUT2D eigenvalue weighted by Gasteiger charge is 2.49. The maximum atomic E-state index is 12.2. The SMILES string of the molecule is CC(C)(C)OC(=O)N1C2CC1CN(c1ncccn1)C2. The van der Waals surface area contributed by atoms with Crippen LogP contribution in [0.1, 0.15) is 27.2 Å². The number of piperidine rings is 1. The lowest BCUT2D eigenvalue weighted by Crippen LogP contribution is -2.70. The molecule has 2 atom stereocenters. The third kappa shape index (κ3) is 2.42. The average molecular weight is 276 g/mol. The van der Waals surface area contributed by atoms with Gasteiger partial charge in [-0.2, -0.15) is 0 Å². The summed E-state index contributed by atoms with van der Waals surface area (Å²) in [4.78, 5) is 24.7. The van der Waals surface area contributed by atoms with Crippen molar-refractivity contribution in [1.29, 1.82) is 0 Å². The van der Waals surface area contributed by atoms with Gasteiger partial charge in [-0.15, -0.1) is 0 Å². The van der Waals surface area contributed by atoms with Gasteiger partial charge in [-0.1, -0.05) is 0 Å². The lowest BCUT2D eigenvalue weighted by Gasteiger charge is -2.55. The Morgan fingerprint density at radius 1 is 1.25 bits per heavy atom. The zero-order valence-electron chi connectivity index (χ0n) is 12.1. The fourth-order valence-corrected chi connectivity index (χ4v) is 2.84. The second-order valence-corrected chi connectivity index (χ2v) is 6.38. The van der Waals surface area contributed by atoms with Crippen LogP contribution in [0, 0.1) is 0 Å². The first-order valence-corrected chi connectivity index (χ1v) is 6.97. The lowest BCUT2D eigenvalue weighted by molar-refractivity contribution is -0.0381. The second-order valence-electron chi connectivity index (χ2n) is 6.38. The van der Waals surface area contributed by atoms with Crippen LogP contribution in [0.2, 0.25) is 0 Å². The third-order valence-electron chi connectivity index (χ3n) is 3.63. The second kappa shape index (κ2) is 4.61. The summed E-state index contributed by atoms with van der Waals surface area (Å²) >= 11 is 0. The minimum absolute atomic E-state index is 0.201. The standard InChI is InChI=1S/C14H20N4O2/c1-14(2,3)20-13(19)18-10-7-11(18)9-17(8-10)12-15-5-4-6-16-12/h4-6,10-11H,7-9H2,1-3H3. The third-order valence-corrected chi connectivity index (χ3v) is 3.63. The van der Waals surface area contributed by atoms with Crippen molar-refractivity contribution in [2.75, 3.05) is 18.0 Å². The first-order valence-electron chi connectivity index (χ1n) is 6.97. The van der Waals surface area contributed by atoms with E-state index in [-0.39, 0.29) is 18.2 Å². The van der Waals surface area contributed by atoms with E-state index in [0.29, 0.717) is 0 Å². The maximum Gasteiger partial charge on any atom is 0.410 e. The Morgan fingerprint density at radius 3 is 2.40 bits per heavy atom. The number of rotatable bonds is 1. The van der Waals surface area contributed by atoms with E-state index in [1.54, 1.807) is 18.5 Å². The molecule has 1 aromatic rings. The van der Waals surface area contributed by atoms with Crippen LogP contribution in [0.15, 0.2) is 18.5 Å². The molecule has 2 unspecified atom stereocenters. The van der Waals surface area contributed by atoms with Crippen molar-refractivity contribution in [2.24, 2.45) is 0 Å². The molecular formula is C14H20N4O2. The molecule has 0 radical (unpaired) electrons. The van der Waals surface area contributed by atoms with E-state index < -0.39 is 5.60 Å². The zero-order chi connectivity index (χ0) is 14.3. The molecule has 2 bridgehead atoms. The van der Waals surface area contributed by atoms with Crippen LogP contribution in [0.5, 0.6) is 0 Å². The number of fused-ring (bicyclic) bond motifs is 2. The summed E-state index contributed by atoms with van der Waals surface area (Å²) in [5, 5.41) is 0. The van der Waals surface area contributed by atoms with E-state index in [1.165, 1.54) is 0 Å². The number of piperazine rings is 1. The number of anilines is 1. The molecule has 3 aliphatic heterocycles. The number of aromatic nitrogens is 2. The Bertz CT molecular complexity index is 488. The molecule has 1 amide bonds. The van der Waals surface area contributed by atoms with Gasteiger partial charge in [0.15, 0.2) is 0 Å². The van der Waals surface area contributed by atoms with Crippen LogP contribution in [-0.2, 0) is 4.74 Å². The minimum atomic E-state index is -0.441. The summed E-state index contributed by atoms with van der Waals surface area (Å²) < 4.78 is 5.46. The molecular weight excluding hydrogens is 256 g/mol. The van der Waals surface area contributed by atoms with Gasteiger partial charge in [-0.3, -0.25) is 4.90 Å². The Morgan fingerprint density at radius 2 is 1.85 bits per heavy atom. The molecule has 1 aromatic heterocycles. The number of hydrogen-bond acceptors (Lipinski definition) is 5. The van der Waals surface area contributed by atoms with Gasteiger partial charge in [0.1, 0.15) is 5.60 Å². The molecule has 0 saturated carbocycles. The normalized spacial score (nSPS) is 25.1. The molecule has 3 aliphatic rings. The highest BCUT2D eigenvalue weighted by molar-refractivity contribution is 5.71. The molecule has 0 spiro atoms.